The minimum Gasteiger partial charge on any atom is -1.00 e. The van der Waals surface area contributed by atoms with E-state index >= 15 is 0 Å². The fourth-order valence-electron chi connectivity index (χ4n) is 0.940. The van der Waals surface area contributed by atoms with Gasteiger partial charge in [-0.25, -0.2) is 23.3 Å². The molecule has 0 nitrogen and oxygen atoms in total. The van der Waals surface area contributed by atoms with Gasteiger partial charge in [0.25, 0.3) is 0 Å². The first-order valence-corrected chi connectivity index (χ1v) is 7.62. The first-order valence-electron chi connectivity index (χ1n) is 5.31. The molecule has 0 bridgehead atoms. The van der Waals surface area contributed by atoms with Crippen molar-refractivity contribution in [2.45, 2.75) is 26.9 Å². The minimum absolute atomic E-state index is 0. The zero-order chi connectivity index (χ0) is 11.5. The number of rotatable bonds is 0. The fourth-order valence-corrected chi connectivity index (χ4v) is 0.940. The number of hydrogen-bond donors (Lipinski definition) is 0. The van der Waals surface area contributed by atoms with Crippen LogP contribution in [0.25, 0.3) is 0 Å². The van der Waals surface area contributed by atoms with Crippen molar-refractivity contribution >= 4 is 9.52 Å². The van der Waals surface area contributed by atoms with E-state index < -0.39 is 0 Å². The molecule has 18 heavy (non-hydrogen) atoms. The van der Waals surface area contributed by atoms with Gasteiger partial charge in [0, 0.05) is 9.52 Å². The van der Waals surface area contributed by atoms with Crippen LogP contribution in [0.2, 0.25) is 13.1 Å². The van der Waals surface area contributed by atoms with E-state index in [4.69, 9.17) is 0 Å². The van der Waals surface area contributed by atoms with Crippen molar-refractivity contribution in [2.24, 2.45) is 0 Å². The Morgan fingerprint density at radius 1 is 0.833 bits per heavy atom. The molecule has 102 valence electrons. The molecule has 0 spiro atoms. The maximum Gasteiger partial charge on any atom is 2.00 e. The minimum atomic E-state index is 0. The number of halogens is 2. The Morgan fingerprint density at radius 3 is 1.17 bits per heavy atom. The van der Waals surface area contributed by atoms with Crippen LogP contribution >= 0.6 is 0 Å². The van der Waals surface area contributed by atoms with Crippen LogP contribution in [0.3, 0.4) is 0 Å². The maximum atomic E-state index is 2.21. The van der Waals surface area contributed by atoms with Gasteiger partial charge in [0.2, 0.25) is 0 Å². The number of aryl methyl sites for hydroxylation is 2. The standard InChI is InChI=1S/2C6H7.C2H7Si.2ClH.Nb/c2*1-6-4-2-3-5-6;1-3-2;;;/h2*2-5H,1H3;3H,1-2H3;2*1H;/q2*-1;;;;+2/p-2. The third kappa shape index (κ3) is 18.6. The molecule has 0 heterocycles. The summed E-state index contributed by atoms with van der Waals surface area (Å²) < 4.78 is 0. The average Bonchev–Trinajstić information content (AvgIpc) is 2.81. The summed E-state index contributed by atoms with van der Waals surface area (Å²) in [6, 6.07) is 16.5. The zero-order valence-corrected chi connectivity index (χ0v) is 16.3. The van der Waals surface area contributed by atoms with E-state index in [0.29, 0.717) is 0 Å². The monoisotopic (exact) mass is 380 g/mol. The Morgan fingerprint density at radius 2 is 1.11 bits per heavy atom. The zero-order valence-electron chi connectivity index (χ0n) is 11.4. The summed E-state index contributed by atoms with van der Waals surface area (Å²) in [4.78, 5) is 0. The van der Waals surface area contributed by atoms with Crippen LogP contribution < -0.4 is 24.8 Å². The Kier molecular flexibility index (Phi) is 29.1. The van der Waals surface area contributed by atoms with Crippen molar-refractivity contribution < 1.29 is 47.2 Å². The van der Waals surface area contributed by atoms with Crippen LogP contribution in [-0.4, -0.2) is 9.52 Å². The number of hydrogen-bond acceptors (Lipinski definition) is 0. The van der Waals surface area contributed by atoms with Gasteiger partial charge in [-0.15, -0.1) is 0 Å². The summed E-state index contributed by atoms with van der Waals surface area (Å²) in [5, 5.41) is 0. The molecule has 0 N–H and O–H groups in total. The topological polar surface area (TPSA) is 0 Å². The molecular weight excluding hydrogens is 360 g/mol. The summed E-state index contributed by atoms with van der Waals surface area (Å²) in [7, 11) is 0.750. The summed E-state index contributed by atoms with van der Waals surface area (Å²) in [5.41, 5.74) is 2.69. The van der Waals surface area contributed by atoms with Crippen molar-refractivity contribution in [3.05, 3.63) is 59.7 Å². The summed E-state index contributed by atoms with van der Waals surface area (Å²) in [5.74, 6) is 0. The van der Waals surface area contributed by atoms with Crippen LogP contribution in [0.15, 0.2) is 48.5 Å². The largest absolute Gasteiger partial charge is 2.00 e. The van der Waals surface area contributed by atoms with Crippen LogP contribution in [0.4, 0.5) is 0 Å². The molecule has 0 saturated heterocycles. The second-order valence-corrected chi connectivity index (χ2v) is 4.66. The predicted octanol–water partition coefficient (Wildman–Crippen LogP) is -2.05. The van der Waals surface area contributed by atoms with Gasteiger partial charge in [-0.1, -0.05) is 26.9 Å². The van der Waals surface area contributed by atoms with Crippen LogP contribution in [0.1, 0.15) is 11.1 Å². The van der Waals surface area contributed by atoms with E-state index in [1.165, 1.54) is 11.1 Å². The fraction of sp³-hybridized carbons (Fsp3) is 0.286. The van der Waals surface area contributed by atoms with E-state index in [1.54, 1.807) is 0 Å². The first kappa shape index (κ1) is 26.7. The molecule has 0 amide bonds. The molecule has 0 unspecified atom stereocenters. The molecule has 0 aromatic heterocycles. The molecule has 2 aromatic carbocycles. The first-order chi connectivity index (χ1) is 7.20. The van der Waals surface area contributed by atoms with Crippen LogP contribution in [0.5, 0.6) is 0 Å². The van der Waals surface area contributed by atoms with Gasteiger partial charge in [-0.05, 0) is 0 Å². The molecule has 2 radical (unpaired) electrons. The summed E-state index contributed by atoms with van der Waals surface area (Å²) in [6.07, 6.45) is 0. The summed E-state index contributed by atoms with van der Waals surface area (Å²) >= 11 is 0. The van der Waals surface area contributed by atoms with Gasteiger partial charge in [0.05, 0.1) is 0 Å². The molecular formula is C14H21Cl2NbSi-2. The van der Waals surface area contributed by atoms with Crippen LogP contribution in [-0.2, 0) is 22.4 Å². The van der Waals surface area contributed by atoms with E-state index in [2.05, 4.69) is 51.2 Å². The Hall–Kier alpha value is 0.237. The molecule has 0 aliphatic heterocycles. The van der Waals surface area contributed by atoms with Gasteiger partial charge < -0.3 is 24.8 Å². The van der Waals surface area contributed by atoms with Gasteiger partial charge in [-0.2, -0.15) is 36.4 Å². The van der Waals surface area contributed by atoms with E-state index in [0.717, 1.165) is 9.52 Å². The average molecular weight is 381 g/mol. The predicted molar refractivity (Wildman–Crippen MR) is 72.4 cm³/mol. The van der Waals surface area contributed by atoms with Crippen LogP contribution in [0, 0.1) is 13.8 Å². The smallest absolute Gasteiger partial charge is 1.00 e. The quantitative estimate of drug-likeness (QED) is 0.364. The van der Waals surface area contributed by atoms with E-state index in [-0.39, 0.29) is 47.2 Å². The Balaban J connectivity index is -0.0000000793. The second-order valence-electron chi connectivity index (χ2n) is 3.50. The van der Waals surface area contributed by atoms with Crippen molar-refractivity contribution in [3.63, 3.8) is 0 Å². The molecule has 0 saturated carbocycles. The van der Waals surface area contributed by atoms with E-state index in [9.17, 15) is 0 Å². The normalized spacial score (nSPS) is 6.89. The van der Waals surface area contributed by atoms with Gasteiger partial charge in [0.15, 0.2) is 0 Å². The van der Waals surface area contributed by atoms with Gasteiger partial charge >= 0.3 is 22.4 Å². The maximum absolute atomic E-state index is 2.21. The summed E-state index contributed by atoms with van der Waals surface area (Å²) in [6.45, 7) is 8.58. The van der Waals surface area contributed by atoms with Crippen molar-refractivity contribution in [1.29, 1.82) is 0 Å². The molecule has 0 fully saturated rings. The molecule has 2 rings (SSSR count). The molecule has 0 atom stereocenters. The van der Waals surface area contributed by atoms with Crippen molar-refractivity contribution in [1.82, 2.24) is 0 Å². The third-order valence-corrected chi connectivity index (χ3v) is 1.66. The van der Waals surface area contributed by atoms with Gasteiger partial charge in [0.1, 0.15) is 0 Å². The molecule has 0 aliphatic carbocycles. The van der Waals surface area contributed by atoms with Crippen molar-refractivity contribution in [3.8, 4) is 0 Å². The SMILES string of the molecule is C[SiH]C.Cc1cc[cH-]c1.Cc1cc[cH-]c1.[Cl-].[Cl-].[Nb+2]. The third-order valence-electron chi connectivity index (χ3n) is 1.66. The molecule has 4 heteroatoms. The Labute approximate surface area is 142 Å². The van der Waals surface area contributed by atoms with Crippen molar-refractivity contribution in [2.75, 3.05) is 0 Å². The molecule has 0 aliphatic rings. The molecule has 2 aromatic rings. The van der Waals surface area contributed by atoms with Gasteiger partial charge in [-0.3, -0.25) is 0 Å². The Bertz CT molecular complexity index is 272. The second kappa shape index (κ2) is 19.6. The van der Waals surface area contributed by atoms with E-state index in [1.807, 2.05) is 24.3 Å².